The highest BCUT2D eigenvalue weighted by Gasteiger charge is 2.13. The predicted octanol–water partition coefficient (Wildman–Crippen LogP) is 4.56. The van der Waals surface area contributed by atoms with Crippen molar-refractivity contribution in [2.45, 2.75) is 6.42 Å². The van der Waals surface area contributed by atoms with E-state index in [2.05, 4.69) is 11.1 Å². The highest BCUT2D eigenvalue weighted by Crippen LogP contribution is 2.33. The largest absolute Gasteiger partial charge is 0.497 e. The lowest BCUT2D eigenvalue weighted by Gasteiger charge is -2.02. The van der Waals surface area contributed by atoms with E-state index in [1.54, 1.807) is 7.11 Å². The Bertz CT molecular complexity index is 828. The van der Waals surface area contributed by atoms with Gasteiger partial charge in [0.25, 0.3) is 0 Å². The van der Waals surface area contributed by atoms with Crippen LogP contribution in [0.5, 0.6) is 5.75 Å². The fraction of sp³-hybridized carbons (Fsp3) is 0.118. The van der Waals surface area contributed by atoms with Crippen LogP contribution in [-0.4, -0.2) is 12.1 Å². The standard InChI is InChI=1S/C17H13ClN2O/c1-21-13-6-7-16-15(10-13)14(8-9-19)17(20-16)11-2-4-12(18)5-3-11/h2-7,10,20H,8H2,1H3. The van der Waals surface area contributed by atoms with Crippen molar-refractivity contribution in [2.24, 2.45) is 0 Å². The quantitative estimate of drug-likeness (QED) is 0.770. The first-order chi connectivity index (χ1) is 10.2. The SMILES string of the molecule is COc1ccc2[nH]c(-c3ccc(Cl)cc3)c(CC#N)c2c1. The van der Waals surface area contributed by atoms with Crippen LogP contribution in [0.25, 0.3) is 22.2 Å². The summed E-state index contributed by atoms with van der Waals surface area (Å²) in [5.74, 6) is 0.781. The third-order valence-corrected chi connectivity index (χ3v) is 3.75. The summed E-state index contributed by atoms with van der Waals surface area (Å²) >= 11 is 5.94. The van der Waals surface area contributed by atoms with Crippen LogP contribution in [0.4, 0.5) is 0 Å². The van der Waals surface area contributed by atoms with Crippen molar-refractivity contribution in [3.05, 3.63) is 53.1 Å². The molecule has 0 amide bonds. The van der Waals surface area contributed by atoms with E-state index in [0.29, 0.717) is 11.4 Å². The van der Waals surface area contributed by atoms with Crippen molar-refractivity contribution in [2.75, 3.05) is 7.11 Å². The second kappa shape index (κ2) is 5.51. The molecular formula is C17H13ClN2O. The van der Waals surface area contributed by atoms with Crippen LogP contribution in [-0.2, 0) is 6.42 Å². The van der Waals surface area contributed by atoms with E-state index < -0.39 is 0 Å². The first-order valence-corrected chi connectivity index (χ1v) is 6.92. The van der Waals surface area contributed by atoms with Gasteiger partial charge in [-0.3, -0.25) is 0 Å². The number of benzene rings is 2. The van der Waals surface area contributed by atoms with E-state index in [4.69, 9.17) is 21.6 Å². The molecular weight excluding hydrogens is 284 g/mol. The molecule has 0 aliphatic rings. The van der Waals surface area contributed by atoms with Gasteiger partial charge in [0.05, 0.1) is 25.3 Å². The molecule has 0 saturated heterocycles. The van der Waals surface area contributed by atoms with Gasteiger partial charge in [-0.1, -0.05) is 23.7 Å². The number of ether oxygens (including phenoxy) is 1. The molecule has 104 valence electrons. The molecule has 0 atom stereocenters. The summed E-state index contributed by atoms with van der Waals surface area (Å²) in [6.45, 7) is 0. The predicted molar refractivity (Wildman–Crippen MR) is 84.6 cm³/mol. The van der Waals surface area contributed by atoms with Gasteiger partial charge in [-0.25, -0.2) is 0 Å². The zero-order valence-corrected chi connectivity index (χ0v) is 12.2. The Morgan fingerprint density at radius 3 is 2.62 bits per heavy atom. The fourth-order valence-electron chi connectivity index (χ4n) is 2.48. The van der Waals surface area contributed by atoms with Gasteiger partial charge >= 0.3 is 0 Å². The molecule has 0 radical (unpaired) electrons. The van der Waals surface area contributed by atoms with E-state index in [-0.39, 0.29) is 0 Å². The van der Waals surface area contributed by atoms with E-state index >= 15 is 0 Å². The van der Waals surface area contributed by atoms with Gasteiger partial charge in [0, 0.05) is 15.9 Å². The van der Waals surface area contributed by atoms with Crippen molar-refractivity contribution >= 4 is 22.5 Å². The number of hydrogen-bond donors (Lipinski definition) is 1. The molecule has 3 aromatic rings. The molecule has 0 aliphatic heterocycles. The van der Waals surface area contributed by atoms with Crippen LogP contribution >= 0.6 is 11.6 Å². The smallest absolute Gasteiger partial charge is 0.119 e. The van der Waals surface area contributed by atoms with Crippen molar-refractivity contribution in [3.63, 3.8) is 0 Å². The molecule has 3 nitrogen and oxygen atoms in total. The Morgan fingerprint density at radius 2 is 1.95 bits per heavy atom. The molecule has 2 aromatic carbocycles. The third-order valence-electron chi connectivity index (χ3n) is 3.50. The van der Waals surface area contributed by atoms with Crippen molar-refractivity contribution in [1.29, 1.82) is 5.26 Å². The van der Waals surface area contributed by atoms with Crippen LogP contribution in [0.1, 0.15) is 5.56 Å². The van der Waals surface area contributed by atoms with Crippen LogP contribution in [0.2, 0.25) is 5.02 Å². The number of nitrogens with zero attached hydrogens (tertiary/aromatic N) is 1. The maximum Gasteiger partial charge on any atom is 0.119 e. The lowest BCUT2D eigenvalue weighted by atomic mass is 10.0. The monoisotopic (exact) mass is 296 g/mol. The molecule has 1 heterocycles. The van der Waals surface area contributed by atoms with E-state index in [1.807, 2.05) is 42.5 Å². The van der Waals surface area contributed by atoms with Crippen molar-refractivity contribution in [3.8, 4) is 23.1 Å². The first kappa shape index (κ1) is 13.5. The second-order valence-electron chi connectivity index (χ2n) is 4.73. The molecule has 3 rings (SSSR count). The van der Waals surface area contributed by atoms with Crippen LogP contribution in [0.3, 0.4) is 0 Å². The molecule has 21 heavy (non-hydrogen) atoms. The van der Waals surface area contributed by atoms with Crippen molar-refractivity contribution < 1.29 is 4.74 Å². The van der Waals surface area contributed by atoms with Gasteiger partial charge in [-0.2, -0.15) is 5.26 Å². The van der Waals surface area contributed by atoms with Gasteiger partial charge in [0.2, 0.25) is 0 Å². The second-order valence-corrected chi connectivity index (χ2v) is 5.17. The number of nitriles is 1. The number of aromatic amines is 1. The Balaban J connectivity index is 2.24. The number of aromatic nitrogens is 1. The van der Waals surface area contributed by atoms with Gasteiger partial charge < -0.3 is 9.72 Å². The zero-order chi connectivity index (χ0) is 14.8. The summed E-state index contributed by atoms with van der Waals surface area (Å²) < 4.78 is 5.27. The molecule has 0 bridgehead atoms. The van der Waals surface area contributed by atoms with Crippen molar-refractivity contribution in [1.82, 2.24) is 4.98 Å². The van der Waals surface area contributed by atoms with Gasteiger partial charge in [0.15, 0.2) is 0 Å². The molecule has 0 saturated carbocycles. The van der Waals surface area contributed by atoms with E-state index in [1.165, 1.54) is 0 Å². The number of hydrogen-bond acceptors (Lipinski definition) is 2. The number of nitrogens with one attached hydrogen (secondary N) is 1. The molecule has 0 spiro atoms. The first-order valence-electron chi connectivity index (χ1n) is 6.54. The Morgan fingerprint density at radius 1 is 1.19 bits per heavy atom. The maximum absolute atomic E-state index is 9.12. The van der Waals surface area contributed by atoms with Gasteiger partial charge in [-0.05, 0) is 41.5 Å². The van der Waals surface area contributed by atoms with E-state index in [0.717, 1.165) is 33.5 Å². The number of fused-ring (bicyclic) bond motifs is 1. The molecule has 0 unspecified atom stereocenters. The van der Waals surface area contributed by atoms with Crippen LogP contribution < -0.4 is 4.74 Å². The van der Waals surface area contributed by atoms with Gasteiger partial charge in [-0.15, -0.1) is 0 Å². The summed E-state index contributed by atoms with van der Waals surface area (Å²) in [6.07, 6.45) is 0.338. The average molecular weight is 297 g/mol. The minimum Gasteiger partial charge on any atom is -0.497 e. The van der Waals surface area contributed by atoms with Gasteiger partial charge in [0.1, 0.15) is 5.75 Å². The normalized spacial score (nSPS) is 10.5. The lowest BCUT2D eigenvalue weighted by molar-refractivity contribution is 0.415. The maximum atomic E-state index is 9.12. The average Bonchev–Trinajstić information content (AvgIpc) is 2.86. The van der Waals surface area contributed by atoms with E-state index in [9.17, 15) is 0 Å². The molecule has 1 N–H and O–H groups in total. The minimum absolute atomic E-state index is 0.338. The summed E-state index contributed by atoms with van der Waals surface area (Å²) in [7, 11) is 1.64. The zero-order valence-electron chi connectivity index (χ0n) is 11.5. The van der Waals surface area contributed by atoms with Crippen LogP contribution in [0, 0.1) is 11.3 Å². The summed E-state index contributed by atoms with van der Waals surface area (Å²) in [6, 6.07) is 15.7. The fourth-order valence-corrected chi connectivity index (χ4v) is 2.61. The highest BCUT2D eigenvalue weighted by molar-refractivity contribution is 6.30. The minimum atomic E-state index is 0.338. The summed E-state index contributed by atoms with van der Waals surface area (Å²) in [5, 5.41) is 10.8. The Kier molecular flexibility index (Phi) is 3.55. The Hall–Kier alpha value is -2.44. The molecule has 0 aliphatic carbocycles. The topological polar surface area (TPSA) is 48.8 Å². The summed E-state index contributed by atoms with van der Waals surface area (Å²) in [5.41, 5.74) is 3.94. The number of rotatable bonds is 3. The number of methoxy groups -OCH3 is 1. The molecule has 4 heteroatoms. The molecule has 1 aromatic heterocycles. The van der Waals surface area contributed by atoms with Crippen LogP contribution in [0.15, 0.2) is 42.5 Å². The third kappa shape index (κ3) is 2.46. The summed E-state index contributed by atoms with van der Waals surface area (Å²) in [4.78, 5) is 3.39. The Labute approximate surface area is 127 Å². The molecule has 0 fully saturated rings. The highest BCUT2D eigenvalue weighted by atomic mass is 35.5. The lowest BCUT2D eigenvalue weighted by Crippen LogP contribution is -1.86. The number of H-pyrrole nitrogens is 1. The number of halogens is 1.